The van der Waals surface area contributed by atoms with E-state index in [1.165, 1.54) is 6.07 Å². The number of benzene rings is 3. The van der Waals surface area contributed by atoms with Crippen LogP contribution in [0.25, 0.3) is 0 Å². The summed E-state index contributed by atoms with van der Waals surface area (Å²) in [4.78, 5) is 2.28. The number of phenolic OH excluding ortho intramolecular Hbond substituents is 1. The Kier molecular flexibility index (Phi) is 5.86. The monoisotopic (exact) mass is 439 g/mol. The summed E-state index contributed by atoms with van der Waals surface area (Å²) in [5.74, 6) is -0.455. The normalized spacial score (nSPS) is 14.8. The summed E-state index contributed by atoms with van der Waals surface area (Å²) in [5.41, 5.74) is 4.28. The number of hydrogen-bond acceptors (Lipinski definition) is 4. The summed E-state index contributed by atoms with van der Waals surface area (Å²) in [7, 11) is -1.82. The van der Waals surface area contributed by atoms with Gasteiger partial charge < -0.3 is 10.0 Å². The first kappa shape index (κ1) is 21.5. The molecule has 0 saturated carbocycles. The molecule has 6 heteroatoms. The van der Waals surface area contributed by atoms with Gasteiger partial charge in [0, 0.05) is 13.1 Å². The van der Waals surface area contributed by atoms with Crippen molar-refractivity contribution in [2.45, 2.75) is 36.0 Å². The second-order valence-corrected chi connectivity index (χ2v) is 10.2. The van der Waals surface area contributed by atoms with Crippen LogP contribution in [0.1, 0.15) is 27.8 Å². The smallest absolute Gasteiger partial charge is 0.210 e. The van der Waals surface area contributed by atoms with Gasteiger partial charge in [-0.05, 0) is 91.4 Å². The molecule has 1 aliphatic heterocycles. The predicted molar refractivity (Wildman–Crippen MR) is 119 cm³/mol. The van der Waals surface area contributed by atoms with Crippen LogP contribution in [-0.2, 0) is 29.1 Å². The Labute approximate surface area is 182 Å². The highest BCUT2D eigenvalue weighted by atomic mass is 32.2. The maximum absolute atomic E-state index is 13.8. The van der Waals surface area contributed by atoms with E-state index in [1.807, 2.05) is 13.1 Å². The van der Waals surface area contributed by atoms with E-state index in [-0.39, 0.29) is 21.4 Å². The average molecular weight is 440 g/mol. The Morgan fingerprint density at radius 3 is 2.19 bits per heavy atom. The predicted octanol–water partition coefficient (Wildman–Crippen LogP) is 4.29. The van der Waals surface area contributed by atoms with Crippen molar-refractivity contribution in [3.8, 4) is 5.75 Å². The average Bonchev–Trinajstić information content (AvgIpc) is 2.92. The molecule has 0 aromatic heterocycles. The fourth-order valence-corrected chi connectivity index (χ4v) is 5.34. The number of fused-ring (bicyclic) bond motifs is 1. The molecule has 31 heavy (non-hydrogen) atoms. The van der Waals surface area contributed by atoms with Crippen LogP contribution in [0.3, 0.4) is 0 Å². The van der Waals surface area contributed by atoms with Crippen molar-refractivity contribution < 1.29 is 17.9 Å². The Morgan fingerprint density at radius 1 is 0.935 bits per heavy atom. The zero-order valence-electron chi connectivity index (χ0n) is 17.7. The summed E-state index contributed by atoms with van der Waals surface area (Å²) in [6.07, 6.45) is 2.05. The van der Waals surface area contributed by atoms with Crippen LogP contribution in [0.2, 0.25) is 0 Å². The third kappa shape index (κ3) is 4.50. The molecule has 0 atom stereocenters. The number of likely N-dealkylation sites (N-methyl/N-ethyl adjacent to an activating group) is 1. The molecule has 3 aromatic rings. The lowest BCUT2D eigenvalue weighted by Crippen LogP contribution is -2.20. The topological polar surface area (TPSA) is 57.6 Å². The molecule has 4 rings (SSSR count). The molecule has 1 aliphatic rings. The van der Waals surface area contributed by atoms with E-state index in [9.17, 15) is 17.9 Å². The second-order valence-electron chi connectivity index (χ2n) is 8.30. The maximum Gasteiger partial charge on any atom is 0.210 e. The van der Waals surface area contributed by atoms with Crippen molar-refractivity contribution in [1.29, 1.82) is 0 Å². The van der Waals surface area contributed by atoms with Crippen LogP contribution in [0.4, 0.5) is 4.39 Å². The van der Waals surface area contributed by atoms with Gasteiger partial charge in [-0.2, -0.15) is 0 Å². The number of sulfone groups is 1. The van der Waals surface area contributed by atoms with Crippen LogP contribution in [0.15, 0.2) is 64.4 Å². The van der Waals surface area contributed by atoms with Crippen LogP contribution < -0.4 is 0 Å². The fraction of sp³-hybridized carbons (Fsp3) is 0.280. The molecule has 0 aliphatic carbocycles. The Hall–Kier alpha value is -2.70. The fourth-order valence-electron chi connectivity index (χ4n) is 3.96. The minimum atomic E-state index is -3.85. The number of nitrogens with zero attached hydrogens (tertiary/aromatic N) is 1. The molecule has 0 fully saturated rings. The molecule has 0 bridgehead atoms. The van der Waals surface area contributed by atoms with E-state index >= 15 is 0 Å². The van der Waals surface area contributed by atoms with Crippen molar-refractivity contribution >= 4 is 9.84 Å². The van der Waals surface area contributed by atoms with Crippen molar-refractivity contribution in [2.75, 3.05) is 20.1 Å². The highest BCUT2D eigenvalue weighted by Crippen LogP contribution is 2.33. The molecule has 0 amide bonds. The van der Waals surface area contributed by atoms with Crippen molar-refractivity contribution in [3.63, 3.8) is 0 Å². The number of hydrogen-bond donors (Lipinski definition) is 1. The van der Waals surface area contributed by atoms with Gasteiger partial charge in [-0.3, -0.25) is 0 Å². The van der Waals surface area contributed by atoms with Gasteiger partial charge in [0.2, 0.25) is 9.84 Å². The zero-order valence-corrected chi connectivity index (χ0v) is 18.5. The Balaban J connectivity index is 1.61. The molecule has 1 heterocycles. The van der Waals surface area contributed by atoms with Crippen molar-refractivity contribution in [2.24, 2.45) is 0 Å². The molecule has 3 aromatic carbocycles. The largest absolute Gasteiger partial charge is 0.507 e. The Bertz CT molecular complexity index is 1220. The lowest BCUT2D eigenvalue weighted by molar-refractivity contribution is 0.352. The van der Waals surface area contributed by atoms with E-state index in [0.29, 0.717) is 12.0 Å². The van der Waals surface area contributed by atoms with Crippen molar-refractivity contribution in [3.05, 3.63) is 88.2 Å². The highest BCUT2D eigenvalue weighted by Gasteiger charge is 2.24. The van der Waals surface area contributed by atoms with Gasteiger partial charge in [-0.25, -0.2) is 12.8 Å². The summed E-state index contributed by atoms with van der Waals surface area (Å²) in [6.45, 7) is 3.45. The van der Waals surface area contributed by atoms with Gasteiger partial charge in [-0.1, -0.05) is 24.3 Å². The molecule has 0 unspecified atom stereocenters. The molecule has 0 spiro atoms. The van der Waals surface area contributed by atoms with Gasteiger partial charge in [0.15, 0.2) is 0 Å². The number of phenols is 1. The summed E-state index contributed by atoms with van der Waals surface area (Å²) >= 11 is 0. The lowest BCUT2D eigenvalue weighted by Gasteiger charge is -2.12. The minimum Gasteiger partial charge on any atom is -0.507 e. The SMILES string of the molecule is Cc1ccc(Cc2ccc(S(=O)(=O)c3cc4c(cc3O)CCN(C)CC4)cc2)cc1F. The quantitative estimate of drug-likeness (QED) is 0.659. The third-order valence-electron chi connectivity index (χ3n) is 5.97. The standard InChI is InChI=1S/C25H26FNO3S/c1-17-3-4-19(14-23(17)26)13-18-5-7-22(8-6-18)31(29,30)25-16-21-10-12-27(2)11-9-20(21)15-24(25)28/h3-8,14-16,28H,9-13H2,1-2H3. The zero-order chi connectivity index (χ0) is 22.2. The van der Waals surface area contributed by atoms with Crippen molar-refractivity contribution in [1.82, 2.24) is 4.90 Å². The molecular weight excluding hydrogens is 413 g/mol. The van der Waals surface area contributed by atoms with Gasteiger partial charge in [0.25, 0.3) is 0 Å². The van der Waals surface area contributed by atoms with E-state index in [1.54, 1.807) is 49.4 Å². The Morgan fingerprint density at radius 2 is 1.55 bits per heavy atom. The molecule has 0 saturated heterocycles. The van der Waals surface area contributed by atoms with E-state index in [2.05, 4.69) is 4.90 Å². The molecule has 0 radical (unpaired) electrons. The lowest BCUT2D eigenvalue weighted by atomic mass is 10.0. The van der Waals surface area contributed by atoms with Crippen LogP contribution in [-0.4, -0.2) is 38.6 Å². The van der Waals surface area contributed by atoms with Crippen LogP contribution in [0, 0.1) is 12.7 Å². The second kappa shape index (κ2) is 8.44. The van der Waals surface area contributed by atoms with Crippen LogP contribution in [0.5, 0.6) is 5.75 Å². The van der Waals surface area contributed by atoms with Gasteiger partial charge in [-0.15, -0.1) is 0 Å². The van der Waals surface area contributed by atoms with Gasteiger partial charge >= 0.3 is 0 Å². The highest BCUT2D eigenvalue weighted by molar-refractivity contribution is 7.91. The van der Waals surface area contributed by atoms with Gasteiger partial charge in [0.05, 0.1) is 4.90 Å². The first-order valence-electron chi connectivity index (χ1n) is 10.4. The molecule has 1 N–H and O–H groups in total. The number of rotatable bonds is 4. The first-order valence-corrected chi connectivity index (χ1v) is 11.8. The van der Waals surface area contributed by atoms with E-state index in [0.717, 1.165) is 48.2 Å². The third-order valence-corrected chi connectivity index (χ3v) is 7.77. The maximum atomic E-state index is 13.8. The molecule has 4 nitrogen and oxygen atoms in total. The molecular formula is C25H26FNO3S. The summed E-state index contributed by atoms with van der Waals surface area (Å²) in [6, 6.07) is 14.9. The van der Waals surface area contributed by atoms with E-state index in [4.69, 9.17) is 0 Å². The minimum absolute atomic E-state index is 0.0517. The number of halogens is 1. The number of aromatic hydroxyl groups is 1. The molecule has 162 valence electrons. The van der Waals surface area contributed by atoms with Crippen LogP contribution >= 0.6 is 0 Å². The number of aryl methyl sites for hydroxylation is 1. The summed E-state index contributed by atoms with van der Waals surface area (Å²) in [5, 5.41) is 10.5. The summed E-state index contributed by atoms with van der Waals surface area (Å²) < 4.78 is 40.2. The van der Waals surface area contributed by atoms with Gasteiger partial charge in [0.1, 0.15) is 16.5 Å². The van der Waals surface area contributed by atoms with E-state index < -0.39 is 9.84 Å². The first-order chi connectivity index (χ1) is 14.7.